The monoisotopic (exact) mass is 399 g/mol. The van der Waals surface area contributed by atoms with Crippen LogP contribution in [-0.2, 0) is 4.74 Å². The predicted octanol–water partition coefficient (Wildman–Crippen LogP) is 3.50. The fourth-order valence-electron chi connectivity index (χ4n) is 3.80. The number of carbonyl (C=O) groups excluding carboxylic acids is 1. The normalized spacial score (nSPS) is 37.7. The third-order valence-corrected chi connectivity index (χ3v) is 6.40. The van der Waals surface area contributed by atoms with Crippen molar-refractivity contribution in [2.45, 2.75) is 38.3 Å². The summed E-state index contributed by atoms with van der Waals surface area (Å²) in [4.78, 5) is 22.8. The quantitative estimate of drug-likeness (QED) is 0.500. The standard InChI is InChI=1S/C15H17BrClN4O2/c1-15(2)11-4-3-9(8-20(11)14(22)23-15)12-10-7-18-5-6-21(10,17)13(16)19-12/h5-7,9,11H,3-4,8H2,1-2H3/q+1/t9-,11+,21?/m1/s1. The molecule has 0 aliphatic carbocycles. The van der Waals surface area contributed by atoms with E-state index < -0.39 is 5.60 Å². The van der Waals surface area contributed by atoms with Crippen molar-refractivity contribution in [1.29, 1.82) is 0 Å². The van der Waals surface area contributed by atoms with E-state index in [0.717, 1.165) is 24.2 Å². The van der Waals surface area contributed by atoms with E-state index in [2.05, 4.69) is 25.9 Å². The summed E-state index contributed by atoms with van der Waals surface area (Å²) in [6, 6.07) is 0.126. The van der Waals surface area contributed by atoms with Gasteiger partial charge in [-0.25, -0.2) is 4.79 Å². The van der Waals surface area contributed by atoms with Gasteiger partial charge in [-0.2, -0.15) is 4.99 Å². The van der Waals surface area contributed by atoms with Crippen molar-refractivity contribution >= 4 is 44.8 Å². The first-order chi connectivity index (χ1) is 10.8. The Morgan fingerprint density at radius 3 is 3.04 bits per heavy atom. The number of cyclic esters (lactones) is 1. The molecule has 4 aliphatic rings. The number of nitrogens with zero attached hydrogens (tertiary/aromatic N) is 4. The molecule has 6 nitrogen and oxygen atoms in total. The van der Waals surface area contributed by atoms with Crippen LogP contribution in [-0.4, -0.2) is 44.1 Å². The van der Waals surface area contributed by atoms with E-state index in [1.807, 2.05) is 18.7 Å². The Bertz CT molecular complexity index is 714. The fraction of sp³-hybridized carbons (Fsp3) is 0.533. The summed E-state index contributed by atoms with van der Waals surface area (Å²) < 4.78 is 6.12. The molecule has 122 valence electrons. The Morgan fingerprint density at radius 2 is 2.26 bits per heavy atom. The van der Waals surface area contributed by atoms with Crippen molar-refractivity contribution in [3.05, 3.63) is 23.8 Å². The van der Waals surface area contributed by atoms with Crippen molar-refractivity contribution in [2.75, 3.05) is 6.54 Å². The summed E-state index contributed by atoms with van der Waals surface area (Å²) in [6.07, 6.45) is 6.78. The number of rotatable bonds is 1. The first-order valence-electron chi connectivity index (χ1n) is 7.61. The van der Waals surface area contributed by atoms with Gasteiger partial charge in [-0.15, -0.1) is 4.00 Å². The molecule has 1 amide bonds. The Morgan fingerprint density at radius 1 is 1.48 bits per heavy atom. The third kappa shape index (κ3) is 2.13. The number of halogens is 2. The maximum Gasteiger partial charge on any atom is 0.410 e. The first-order valence-corrected chi connectivity index (χ1v) is 8.74. The number of hydrogen-bond acceptors (Lipinski definition) is 4. The largest absolute Gasteiger partial charge is 0.441 e. The van der Waals surface area contributed by atoms with Gasteiger partial charge in [-0.1, -0.05) is 0 Å². The number of allylic oxidation sites excluding steroid dienone is 1. The highest BCUT2D eigenvalue weighted by Crippen LogP contribution is 2.44. The molecular formula is C15H17BrClN4O2+. The number of quaternary nitrogens is 1. The van der Waals surface area contributed by atoms with Crippen LogP contribution in [0.3, 0.4) is 0 Å². The van der Waals surface area contributed by atoms with Gasteiger partial charge in [0, 0.05) is 28.4 Å². The average Bonchev–Trinajstić information content (AvgIpc) is 2.90. The minimum absolute atomic E-state index is 0.0191. The predicted molar refractivity (Wildman–Crippen MR) is 90.9 cm³/mol. The number of ether oxygens (including phenoxy) is 1. The Balaban J connectivity index is 1.66. The minimum Gasteiger partial charge on any atom is -0.441 e. The van der Waals surface area contributed by atoms with Crippen molar-refractivity contribution < 1.29 is 13.5 Å². The molecule has 0 aromatic rings. The Kier molecular flexibility index (Phi) is 3.28. The molecule has 0 radical (unpaired) electrons. The molecule has 4 heterocycles. The van der Waals surface area contributed by atoms with E-state index in [1.165, 1.54) is 0 Å². The van der Waals surface area contributed by atoms with E-state index in [1.54, 1.807) is 18.6 Å². The summed E-state index contributed by atoms with van der Waals surface area (Å²) in [7, 11) is 0. The summed E-state index contributed by atoms with van der Waals surface area (Å²) in [6.45, 7) is 4.55. The number of piperidine rings is 1. The zero-order valence-electron chi connectivity index (χ0n) is 12.9. The number of amides is 1. The van der Waals surface area contributed by atoms with E-state index in [9.17, 15) is 4.79 Å². The summed E-state index contributed by atoms with van der Waals surface area (Å²) >= 11 is 10.1. The van der Waals surface area contributed by atoms with E-state index in [4.69, 9.17) is 16.5 Å². The van der Waals surface area contributed by atoms with Gasteiger partial charge in [0.25, 0.3) is 4.74 Å². The molecule has 0 aromatic carbocycles. The van der Waals surface area contributed by atoms with Crippen LogP contribution >= 0.6 is 27.7 Å². The molecule has 2 saturated heterocycles. The Hall–Kier alpha value is -1.18. The highest BCUT2D eigenvalue weighted by molar-refractivity contribution is 9.18. The minimum atomic E-state index is -0.430. The highest BCUT2D eigenvalue weighted by Gasteiger charge is 2.53. The van der Waals surface area contributed by atoms with Crippen LogP contribution in [0, 0.1) is 5.92 Å². The van der Waals surface area contributed by atoms with Gasteiger partial charge < -0.3 is 9.64 Å². The lowest BCUT2D eigenvalue weighted by Crippen LogP contribution is -2.47. The van der Waals surface area contributed by atoms with Crippen LogP contribution in [0.5, 0.6) is 0 Å². The molecular weight excluding hydrogens is 384 g/mol. The van der Waals surface area contributed by atoms with Gasteiger partial charge in [0.05, 0.1) is 18.5 Å². The van der Waals surface area contributed by atoms with Crippen LogP contribution in [0.15, 0.2) is 33.8 Å². The number of aliphatic imine (C=N–C) groups is 2. The van der Waals surface area contributed by atoms with Crippen LogP contribution in [0.4, 0.5) is 4.79 Å². The van der Waals surface area contributed by atoms with Gasteiger partial charge in [-0.05, 0) is 26.7 Å². The average molecular weight is 401 g/mol. The van der Waals surface area contributed by atoms with E-state index in [-0.39, 0.29) is 22.1 Å². The molecule has 4 aliphatic heterocycles. The summed E-state index contributed by atoms with van der Waals surface area (Å²) in [5.41, 5.74) is 1.31. The van der Waals surface area contributed by atoms with Crippen molar-refractivity contribution in [2.24, 2.45) is 15.9 Å². The van der Waals surface area contributed by atoms with Gasteiger partial charge in [0.2, 0.25) is 5.70 Å². The molecule has 8 heteroatoms. The first kappa shape index (κ1) is 15.4. The topological polar surface area (TPSA) is 54.3 Å². The molecule has 0 aromatic heterocycles. The molecule has 2 fully saturated rings. The smallest absolute Gasteiger partial charge is 0.410 e. The summed E-state index contributed by atoms with van der Waals surface area (Å²) in [5.74, 6) is 0.131. The zero-order chi connectivity index (χ0) is 16.4. The van der Waals surface area contributed by atoms with Gasteiger partial charge >= 0.3 is 6.09 Å². The van der Waals surface area contributed by atoms with Crippen LogP contribution in [0.2, 0.25) is 0 Å². The number of carbonyl (C=O) groups is 1. The van der Waals surface area contributed by atoms with Crippen molar-refractivity contribution in [1.82, 2.24) is 4.90 Å². The van der Waals surface area contributed by atoms with Gasteiger partial charge in [-0.3, -0.25) is 4.99 Å². The van der Waals surface area contributed by atoms with E-state index in [0.29, 0.717) is 11.3 Å². The van der Waals surface area contributed by atoms with Gasteiger partial charge in [0.15, 0.2) is 11.8 Å². The van der Waals surface area contributed by atoms with Crippen LogP contribution in [0.25, 0.3) is 0 Å². The van der Waals surface area contributed by atoms with Crippen molar-refractivity contribution in [3.8, 4) is 0 Å². The molecule has 0 spiro atoms. The lowest BCUT2D eigenvalue weighted by molar-refractivity contribution is -0.595. The summed E-state index contributed by atoms with van der Waals surface area (Å²) in [5, 5.41) is 0. The van der Waals surface area contributed by atoms with Crippen molar-refractivity contribution in [3.63, 3.8) is 0 Å². The number of fused-ring (bicyclic) bond motifs is 2. The maximum absolute atomic E-state index is 12.2. The lowest BCUT2D eigenvalue weighted by atomic mass is 9.84. The lowest BCUT2D eigenvalue weighted by Gasteiger charge is -2.36. The SMILES string of the molecule is CC1(C)OC(=O)N2C[C@H](C3=C4C=NC=C[N+]4(Cl)C(Br)=N3)CC[C@H]21. The highest BCUT2D eigenvalue weighted by atomic mass is 79.9. The number of hydrogen-bond donors (Lipinski definition) is 0. The second kappa shape index (κ2) is 4.91. The van der Waals surface area contributed by atoms with E-state index >= 15 is 0 Å². The molecule has 0 bridgehead atoms. The molecule has 0 saturated carbocycles. The number of amidine groups is 1. The van der Waals surface area contributed by atoms with Gasteiger partial charge in [0.1, 0.15) is 17.5 Å². The molecule has 4 rings (SSSR count). The molecule has 3 atom stereocenters. The van der Waals surface area contributed by atoms with Crippen LogP contribution < -0.4 is 0 Å². The van der Waals surface area contributed by atoms with Crippen LogP contribution in [0.1, 0.15) is 26.7 Å². The molecule has 23 heavy (non-hydrogen) atoms. The zero-order valence-corrected chi connectivity index (χ0v) is 15.2. The fourth-order valence-corrected chi connectivity index (χ4v) is 4.52. The second-order valence-electron chi connectivity index (χ2n) is 6.78. The second-order valence-corrected chi connectivity index (χ2v) is 8.02. The molecule has 0 N–H and O–H groups in total. The third-order valence-electron chi connectivity index (χ3n) is 5.01. The molecule has 1 unspecified atom stereocenters. The Labute approximate surface area is 148 Å². The maximum atomic E-state index is 12.2.